The third-order valence-corrected chi connectivity index (χ3v) is 5.18. The second-order valence-electron chi connectivity index (χ2n) is 6.06. The molecule has 150 valence electrons. The van der Waals surface area contributed by atoms with Crippen LogP contribution in [0.15, 0.2) is 47.8 Å². The van der Waals surface area contributed by atoms with Crippen molar-refractivity contribution in [2.24, 2.45) is 0 Å². The van der Waals surface area contributed by atoms with Gasteiger partial charge in [0.2, 0.25) is 0 Å². The fourth-order valence-electron chi connectivity index (χ4n) is 2.62. The number of benzene rings is 2. The van der Waals surface area contributed by atoms with Gasteiger partial charge < -0.3 is 9.47 Å². The SMILES string of the molecule is CCc1ccc(-c2nc(C(=O)NNC(=O)c3ccc(OC)cc3OC)cs2)cc1. The van der Waals surface area contributed by atoms with E-state index in [1.807, 2.05) is 24.3 Å². The number of hydrogen-bond acceptors (Lipinski definition) is 6. The molecule has 0 bridgehead atoms. The van der Waals surface area contributed by atoms with Crippen LogP contribution in [0.25, 0.3) is 10.6 Å². The number of hydrazine groups is 1. The number of nitrogens with zero attached hydrogens (tertiary/aromatic N) is 1. The minimum absolute atomic E-state index is 0.228. The Morgan fingerprint density at radius 3 is 2.38 bits per heavy atom. The lowest BCUT2D eigenvalue weighted by atomic mass is 10.1. The minimum Gasteiger partial charge on any atom is -0.497 e. The lowest BCUT2D eigenvalue weighted by molar-refractivity contribution is 0.0842. The van der Waals surface area contributed by atoms with Crippen molar-refractivity contribution in [3.8, 4) is 22.1 Å². The average molecular weight is 411 g/mol. The molecule has 1 aromatic heterocycles. The maximum absolute atomic E-state index is 12.4. The molecule has 0 atom stereocenters. The number of aryl methyl sites for hydroxylation is 1. The molecular formula is C21H21N3O4S. The standard InChI is InChI=1S/C21H21N3O4S/c1-4-13-5-7-14(8-6-13)21-22-17(12-29-21)20(26)24-23-19(25)16-10-9-15(27-2)11-18(16)28-3/h5-12H,4H2,1-3H3,(H,23,25)(H,24,26). The normalized spacial score (nSPS) is 10.3. The van der Waals surface area contributed by atoms with Crippen molar-refractivity contribution in [3.05, 3.63) is 64.7 Å². The molecular weight excluding hydrogens is 390 g/mol. The summed E-state index contributed by atoms with van der Waals surface area (Å²) in [6.45, 7) is 2.09. The Morgan fingerprint density at radius 2 is 1.72 bits per heavy atom. The van der Waals surface area contributed by atoms with E-state index in [-0.39, 0.29) is 11.3 Å². The Morgan fingerprint density at radius 1 is 1.00 bits per heavy atom. The van der Waals surface area contributed by atoms with E-state index in [1.165, 1.54) is 31.1 Å². The van der Waals surface area contributed by atoms with Gasteiger partial charge in [-0.3, -0.25) is 20.4 Å². The van der Waals surface area contributed by atoms with Gasteiger partial charge in [0.1, 0.15) is 22.2 Å². The van der Waals surface area contributed by atoms with E-state index in [1.54, 1.807) is 23.6 Å². The molecule has 8 heteroatoms. The Balaban J connectivity index is 1.65. The molecule has 2 aromatic carbocycles. The predicted molar refractivity (Wildman–Crippen MR) is 111 cm³/mol. The van der Waals surface area contributed by atoms with Crippen LogP contribution in [0.2, 0.25) is 0 Å². The maximum Gasteiger partial charge on any atom is 0.289 e. The van der Waals surface area contributed by atoms with Crippen LogP contribution in [0.1, 0.15) is 33.3 Å². The van der Waals surface area contributed by atoms with E-state index in [4.69, 9.17) is 9.47 Å². The van der Waals surface area contributed by atoms with Gasteiger partial charge in [-0.15, -0.1) is 11.3 Å². The monoisotopic (exact) mass is 411 g/mol. The Bertz CT molecular complexity index is 1020. The summed E-state index contributed by atoms with van der Waals surface area (Å²) in [5.74, 6) is -0.117. The molecule has 3 rings (SSSR count). The smallest absolute Gasteiger partial charge is 0.289 e. The van der Waals surface area contributed by atoms with Gasteiger partial charge in [-0.25, -0.2) is 4.98 Å². The fourth-order valence-corrected chi connectivity index (χ4v) is 3.43. The summed E-state index contributed by atoms with van der Waals surface area (Å²) in [5, 5.41) is 2.39. The zero-order valence-electron chi connectivity index (χ0n) is 16.3. The predicted octanol–water partition coefficient (Wildman–Crippen LogP) is 3.46. The second-order valence-corrected chi connectivity index (χ2v) is 6.92. The van der Waals surface area contributed by atoms with Crippen LogP contribution in [0.5, 0.6) is 11.5 Å². The highest BCUT2D eigenvalue weighted by atomic mass is 32.1. The number of carbonyl (C=O) groups excluding carboxylic acids is 2. The number of rotatable bonds is 6. The molecule has 0 spiro atoms. The number of methoxy groups -OCH3 is 2. The van der Waals surface area contributed by atoms with Crippen molar-refractivity contribution < 1.29 is 19.1 Å². The minimum atomic E-state index is -0.511. The molecule has 0 aliphatic carbocycles. The summed E-state index contributed by atoms with van der Waals surface area (Å²) in [6.07, 6.45) is 0.963. The highest BCUT2D eigenvalue weighted by Crippen LogP contribution is 2.25. The van der Waals surface area contributed by atoms with Crippen LogP contribution in [0.3, 0.4) is 0 Å². The first-order valence-corrected chi connectivity index (χ1v) is 9.81. The zero-order chi connectivity index (χ0) is 20.8. The molecule has 7 nitrogen and oxygen atoms in total. The quantitative estimate of drug-likeness (QED) is 0.607. The van der Waals surface area contributed by atoms with Crippen LogP contribution in [-0.4, -0.2) is 31.0 Å². The Labute approximate surface area is 172 Å². The van der Waals surface area contributed by atoms with Crippen LogP contribution >= 0.6 is 11.3 Å². The first kappa shape index (κ1) is 20.3. The molecule has 0 saturated carbocycles. The first-order chi connectivity index (χ1) is 14.0. The summed E-state index contributed by atoms with van der Waals surface area (Å²) in [4.78, 5) is 29.1. The van der Waals surface area contributed by atoms with Gasteiger partial charge in [0.15, 0.2) is 0 Å². The van der Waals surface area contributed by atoms with Crippen molar-refractivity contribution in [2.45, 2.75) is 13.3 Å². The zero-order valence-corrected chi connectivity index (χ0v) is 17.1. The van der Waals surface area contributed by atoms with Gasteiger partial charge in [0.05, 0.1) is 19.8 Å². The van der Waals surface area contributed by atoms with Crippen LogP contribution < -0.4 is 20.3 Å². The van der Waals surface area contributed by atoms with E-state index < -0.39 is 11.8 Å². The molecule has 2 amide bonds. The Hall–Kier alpha value is -3.39. The van der Waals surface area contributed by atoms with E-state index in [0.29, 0.717) is 11.5 Å². The molecule has 0 aliphatic heterocycles. The lowest BCUT2D eigenvalue weighted by Crippen LogP contribution is -2.41. The molecule has 3 aromatic rings. The van der Waals surface area contributed by atoms with E-state index in [9.17, 15) is 9.59 Å². The number of ether oxygens (including phenoxy) is 2. The highest BCUT2D eigenvalue weighted by Gasteiger charge is 2.16. The van der Waals surface area contributed by atoms with Crippen molar-refractivity contribution in [1.82, 2.24) is 15.8 Å². The molecule has 0 unspecified atom stereocenters. The number of hydrogen-bond donors (Lipinski definition) is 2. The van der Waals surface area contributed by atoms with Gasteiger partial charge in [-0.05, 0) is 24.1 Å². The molecule has 0 saturated heterocycles. The summed E-state index contributed by atoms with van der Waals surface area (Å²) in [7, 11) is 2.98. The molecule has 0 aliphatic rings. The topological polar surface area (TPSA) is 89.6 Å². The highest BCUT2D eigenvalue weighted by molar-refractivity contribution is 7.13. The van der Waals surface area contributed by atoms with Crippen LogP contribution in [0.4, 0.5) is 0 Å². The molecule has 29 heavy (non-hydrogen) atoms. The van der Waals surface area contributed by atoms with Gasteiger partial charge in [-0.1, -0.05) is 31.2 Å². The van der Waals surface area contributed by atoms with Gasteiger partial charge in [-0.2, -0.15) is 0 Å². The summed E-state index contributed by atoms with van der Waals surface area (Å²) in [5.41, 5.74) is 7.43. The number of aromatic nitrogens is 1. The summed E-state index contributed by atoms with van der Waals surface area (Å²) in [6, 6.07) is 12.8. The van der Waals surface area contributed by atoms with Crippen molar-refractivity contribution >= 4 is 23.2 Å². The summed E-state index contributed by atoms with van der Waals surface area (Å²) >= 11 is 1.37. The van der Waals surface area contributed by atoms with E-state index >= 15 is 0 Å². The average Bonchev–Trinajstić information content (AvgIpc) is 3.27. The maximum atomic E-state index is 12.4. The van der Waals surface area contributed by atoms with Crippen molar-refractivity contribution in [1.29, 1.82) is 0 Å². The van der Waals surface area contributed by atoms with Crippen molar-refractivity contribution in [2.75, 3.05) is 14.2 Å². The van der Waals surface area contributed by atoms with Crippen LogP contribution in [0, 0.1) is 0 Å². The van der Waals surface area contributed by atoms with E-state index in [2.05, 4.69) is 22.8 Å². The number of amides is 2. The number of thiazole rings is 1. The largest absolute Gasteiger partial charge is 0.497 e. The number of carbonyl (C=O) groups is 2. The second kappa shape index (κ2) is 9.20. The third kappa shape index (κ3) is 4.72. The fraction of sp³-hybridized carbons (Fsp3) is 0.190. The van der Waals surface area contributed by atoms with Gasteiger partial charge in [0.25, 0.3) is 11.8 Å². The van der Waals surface area contributed by atoms with Gasteiger partial charge in [0, 0.05) is 17.0 Å². The Kier molecular flexibility index (Phi) is 6.46. The molecule has 0 fully saturated rings. The third-order valence-electron chi connectivity index (χ3n) is 4.29. The van der Waals surface area contributed by atoms with Gasteiger partial charge >= 0.3 is 0 Å². The molecule has 1 heterocycles. The summed E-state index contributed by atoms with van der Waals surface area (Å²) < 4.78 is 10.3. The molecule has 0 radical (unpaired) electrons. The lowest BCUT2D eigenvalue weighted by Gasteiger charge is -2.11. The number of nitrogens with one attached hydrogen (secondary N) is 2. The van der Waals surface area contributed by atoms with Crippen molar-refractivity contribution in [3.63, 3.8) is 0 Å². The van der Waals surface area contributed by atoms with Crippen LogP contribution in [-0.2, 0) is 6.42 Å². The molecule has 2 N–H and O–H groups in total. The van der Waals surface area contributed by atoms with E-state index in [0.717, 1.165) is 17.0 Å². The first-order valence-electron chi connectivity index (χ1n) is 8.93.